The predicted molar refractivity (Wildman–Crippen MR) is 116 cm³/mol. The summed E-state index contributed by atoms with van der Waals surface area (Å²) in [6, 6.07) is 29.6. The van der Waals surface area contributed by atoms with Crippen molar-refractivity contribution in [1.29, 1.82) is 5.26 Å². The molecule has 4 aromatic rings. The van der Waals surface area contributed by atoms with Crippen molar-refractivity contribution in [2.75, 3.05) is 0 Å². The lowest BCUT2D eigenvalue weighted by Gasteiger charge is -2.16. The molecule has 1 heterocycles. The Morgan fingerprint density at radius 2 is 1.76 bits per heavy atom. The number of aryl methyl sites for hydroxylation is 1. The number of nitrogens with zero attached hydrogens (tertiary/aromatic N) is 2. The van der Waals surface area contributed by atoms with Gasteiger partial charge in [0, 0.05) is 22.0 Å². The first-order valence-electron chi connectivity index (χ1n) is 9.31. The van der Waals surface area contributed by atoms with Gasteiger partial charge in [0.1, 0.15) is 12.4 Å². The quantitative estimate of drug-likeness (QED) is 0.382. The molecular formula is C25H19ClN2O. The van der Waals surface area contributed by atoms with Crippen molar-refractivity contribution >= 4 is 11.6 Å². The smallest absolute Gasteiger partial charge is 0.129 e. The Hall–Kier alpha value is -3.48. The molecule has 4 rings (SSSR count). The molecule has 0 N–H and O–H groups in total. The van der Waals surface area contributed by atoms with E-state index < -0.39 is 0 Å². The minimum absolute atomic E-state index is 0.471. The number of benzene rings is 3. The highest BCUT2D eigenvalue weighted by Gasteiger charge is 2.15. The first kappa shape index (κ1) is 18.9. The molecule has 0 spiro atoms. The minimum Gasteiger partial charge on any atom is -0.488 e. The van der Waals surface area contributed by atoms with Gasteiger partial charge in [0.2, 0.25) is 0 Å². The fourth-order valence-corrected chi connectivity index (χ4v) is 3.54. The summed E-state index contributed by atoms with van der Waals surface area (Å²) in [4.78, 5) is 0. The van der Waals surface area contributed by atoms with Crippen molar-refractivity contribution in [3.8, 4) is 28.8 Å². The number of halogens is 1. The van der Waals surface area contributed by atoms with E-state index in [4.69, 9.17) is 16.3 Å². The maximum Gasteiger partial charge on any atom is 0.129 e. The van der Waals surface area contributed by atoms with Crippen LogP contribution in [0.1, 0.15) is 16.8 Å². The fourth-order valence-electron chi connectivity index (χ4n) is 3.37. The van der Waals surface area contributed by atoms with Gasteiger partial charge in [-0.25, -0.2) is 0 Å². The van der Waals surface area contributed by atoms with Crippen molar-refractivity contribution in [2.24, 2.45) is 0 Å². The van der Waals surface area contributed by atoms with Crippen LogP contribution >= 0.6 is 11.6 Å². The molecule has 0 bridgehead atoms. The third-order valence-electron chi connectivity index (χ3n) is 4.76. The van der Waals surface area contributed by atoms with Crippen LogP contribution in [0.2, 0.25) is 5.02 Å². The van der Waals surface area contributed by atoms with E-state index >= 15 is 0 Å². The topological polar surface area (TPSA) is 38.0 Å². The molecule has 4 heteroatoms. The molecule has 0 atom stereocenters. The first-order valence-corrected chi connectivity index (χ1v) is 9.69. The second-order valence-corrected chi connectivity index (χ2v) is 7.21. The number of hydrogen-bond acceptors (Lipinski definition) is 2. The maximum absolute atomic E-state index is 9.28. The standard InChI is InChI=1S/C25H19ClN2O/c1-18-10-12-24(28(18)22-9-5-8-20(14-22)16-27)23-15-21(26)11-13-25(23)29-17-19-6-3-2-4-7-19/h2-15H,17H2,1H3. The van der Waals surface area contributed by atoms with Gasteiger partial charge in [-0.1, -0.05) is 48.0 Å². The van der Waals surface area contributed by atoms with Crippen LogP contribution in [-0.2, 0) is 6.61 Å². The van der Waals surface area contributed by atoms with Gasteiger partial charge in [0.15, 0.2) is 0 Å². The molecule has 1 aromatic heterocycles. The summed E-state index contributed by atoms with van der Waals surface area (Å²) < 4.78 is 8.27. The predicted octanol–water partition coefficient (Wildman–Crippen LogP) is 6.56. The summed E-state index contributed by atoms with van der Waals surface area (Å²) in [6.45, 7) is 2.51. The lowest BCUT2D eigenvalue weighted by Crippen LogP contribution is -2.02. The van der Waals surface area contributed by atoms with E-state index in [1.54, 1.807) is 6.07 Å². The van der Waals surface area contributed by atoms with Crippen LogP contribution in [0, 0.1) is 18.3 Å². The van der Waals surface area contributed by atoms with Crippen LogP contribution < -0.4 is 4.74 Å². The first-order chi connectivity index (χ1) is 14.2. The zero-order valence-corrected chi connectivity index (χ0v) is 16.7. The van der Waals surface area contributed by atoms with Crippen LogP contribution in [0.25, 0.3) is 16.9 Å². The van der Waals surface area contributed by atoms with Gasteiger partial charge < -0.3 is 9.30 Å². The average molecular weight is 399 g/mol. The summed E-state index contributed by atoms with van der Waals surface area (Å²) in [5.74, 6) is 0.758. The van der Waals surface area contributed by atoms with Gasteiger partial charge in [-0.2, -0.15) is 5.26 Å². The van der Waals surface area contributed by atoms with Gasteiger partial charge in [-0.15, -0.1) is 0 Å². The zero-order chi connectivity index (χ0) is 20.2. The van der Waals surface area contributed by atoms with E-state index in [2.05, 4.69) is 22.8 Å². The van der Waals surface area contributed by atoms with Gasteiger partial charge in [-0.05, 0) is 61.0 Å². The molecule has 0 aliphatic carbocycles. The normalized spacial score (nSPS) is 10.5. The lowest BCUT2D eigenvalue weighted by molar-refractivity contribution is 0.307. The maximum atomic E-state index is 9.28. The van der Waals surface area contributed by atoms with Crippen molar-refractivity contribution in [1.82, 2.24) is 4.57 Å². The van der Waals surface area contributed by atoms with Gasteiger partial charge in [-0.3, -0.25) is 0 Å². The number of ether oxygens (including phenoxy) is 1. The summed E-state index contributed by atoms with van der Waals surface area (Å²) in [6.07, 6.45) is 0. The molecule has 0 fully saturated rings. The van der Waals surface area contributed by atoms with Gasteiger partial charge >= 0.3 is 0 Å². The van der Waals surface area contributed by atoms with E-state index in [1.165, 1.54) is 0 Å². The third kappa shape index (κ3) is 4.03. The largest absolute Gasteiger partial charge is 0.488 e. The highest BCUT2D eigenvalue weighted by atomic mass is 35.5. The summed E-state index contributed by atoms with van der Waals surface area (Å²) in [5.41, 5.74) is 5.57. The Labute approximate surface area is 175 Å². The van der Waals surface area contributed by atoms with Crippen molar-refractivity contribution in [2.45, 2.75) is 13.5 Å². The van der Waals surface area contributed by atoms with Crippen molar-refractivity contribution in [3.05, 3.63) is 107 Å². The molecule has 0 amide bonds. The monoisotopic (exact) mass is 398 g/mol. The minimum atomic E-state index is 0.471. The van der Waals surface area contributed by atoms with Crippen molar-refractivity contribution < 1.29 is 4.74 Å². The van der Waals surface area contributed by atoms with Crippen LogP contribution in [0.15, 0.2) is 84.9 Å². The number of rotatable bonds is 5. The molecule has 3 nitrogen and oxygen atoms in total. The number of aromatic nitrogens is 1. The molecule has 142 valence electrons. The third-order valence-corrected chi connectivity index (χ3v) is 5.00. The fraction of sp³-hybridized carbons (Fsp3) is 0.0800. The zero-order valence-electron chi connectivity index (χ0n) is 16.0. The van der Waals surface area contributed by atoms with E-state index in [1.807, 2.05) is 73.7 Å². The van der Waals surface area contributed by atoms with Crippen LogP contribution in [0.4, 0.5) is 0 Å². The van der Waals surface area contributed by atoms with Gasteiger partial charge in [0.05, 0.1) is 17.3 Å². The van der Waals surface area contributed by atoms with Crippen LogP contribution in [0.5, 0.6) is 5.75 Å². The van der Waals surface area contributed by atoms with Crippen molar-refractivity contribution in [3.63, 3.8) is 0 Å². The highest BCUT2D eigenvalue weighted by Crippen LogP contribution is 2.36. The number of nitriles is 1. The number of hydrogen-bond donors (Lipinski definition) is 0. The Morgan fingerprint density at radius 1 is 0.931 bits per heavy atom. The summed E-state index contributed by atoms with van der Waals surface area (Å²) in [5, 5.41) is 9.92. The second kappa shape index (κ2) is 8.26. The van der Waals surface area contributed by atoms with E-state index in [0.29, 0.717) is 17.2 Å². The van der Waals surface area contributed by atoms with E-state index in [9.17, 15) is 5.26 Å². The molecule has 0 radical (unpaired) electrons. The van der Waals surface area contributed by atoms with Gasteiger partial charge in [0.25, 0.3) is 0 Å². The molecule has 29 heavy (non-hydrogen) atoms. The lowest BCUT2D eigenvalue weighted by atomic mass is 10.1. The van der Waals surface area contributed by atoms with Crippen LogP contribution in [0.3, 0.4) is 0 Å². The second-order valence-electron chi connectivity index (χ2n) is 6.77. The average Bonchev–Trinajstić information content (AvgIpc) is 3.15. The van der Waals surface area contributed by atoms with E-state index in [0.717, 1.165) is 34.0 Å². The Kier molecular flexibility index (Phi) is 5.37. The summed E-state index contributed by atoms with van der Waals surface area (Å²) in [7, 11) is 0. The molecular weight excluding hydrogens is 380 g/mol. The van der Waals surface area contributed by atoms with E-state index in [-0.39, 0.29) is 0 Å². The highest BCUT2D eigenvalue weighted by molar-refractivity contribution is 6.31. The molecule has 0 aliphatic rings. The molecule has 0 unspecified atom stereocenters. The Balaban J connectivity index is 1.77. The molecule has 0 saturated carbocycles. The Bertz CT molecular complexity index is 1190. The molecule has 0 saturated heterocycles. The van der Waals surface area contributed by atoms with Crippen LogP contribution in [-0.4, -0.2) is 4.57 Å². The Morgan fingerprint density at radius 3 is 2.55 bits per heavy atom. The molecule has 3 aromatic carbocycles. The molecule has 0 aliphatic heterocycles. The SMILES string of the molecule is Cc1ccc(-c2cc(Cl)ccc2OCc2ccccc2)n1-c1cccc(C#N)c1. The summed E-state index contributed by atoms with van der Waals surface area (Å²) >= 11 is 6.33.